The molecule has 41 heavy (non-hydrogen) atoms. The lowest BCUT2D eigenvalue weighted by Crippen LogP contribution is -2.33. The average Bonchev–Trinajstić information content (AvgIpc) is 3.15. The van der Waals surface area contributed by atoms with Gasteiger partial charge in [-0.15, -0.1) is 0 Å². The molecule has 7 heteroatoms. The molecule has 0 saturated carbocycles. The summed E-state index contributed by atoms with van der Waals surface area (Å²) in [6, 6.07) is 29.9. The van der Waals surface area contributed by atoms with Gasteiger partial charge in [0.05, 0.1) is 12.1 Å². The Kier molecular flexibility index (Phi) is 6.92. The molecule has 5 aromatic rings. The molecule has 1 aromatic heterocycles. The highest BCUT2D eigenvalue weighted by Gasteiger charge is 2.26. The van der Waals surface area contributed by atoms with E-state index in [4.69, 9.17) is 4.74 Å². The highest BCUT2D eigenvalue weighted by atomic mass is 16.5. The minimum atomic E-state index is -1.08. The summed E-state index contributed by atoms with van der Waals surface area (Å²) in [5.74, 6) is -0.829. The highest BCUT2D eigenvalue weighted by molar-refractivity contribution is 5.88. The molecule has 0 spiro atoms. The molecule has 7 nitrogen and oxygen atoms in total. The van der Waals surface area contributed by atoms with Gasteiger partial charge in [-0.05, 0) is 57.6 Å². The first-order valence-corrected chi connectivity index (χ1v) is 13.2. The lowest BCUT2D eigenvalue weighted by molar-refractivity contribution is 0.0696. The van der Waals surface area contributed by atoms with E-state index in [0.29, 0.717) is 22.4 Å². The number of benzene rings is 4. The topological polar surface area (TPSA) is 101 Å². The number of ether oxygens (including phenoxy) is 1. The van der Waals surface area contributed by atoms with Gasteiger partial charge in [0.15, 0.2) is 0 Å². The summed E-state index contributed by atoms with van der Waals surface area (Å²) in [5.41, 5.74) is 4.62. The van der Waals surface area contributed by atoms with Crippen LogP contribution in [0.4, 0.5) is 0 Å². The monoisotopic (exact) mass is 542 g/mol. The molecular formula is C34H26N2O5. The van der Waals surface area contributed by atoms with E-state index in [9.17, 15) is 19.5 Å². The number of aromatic carboxylic acids is 1. The number of aromatic nitrogens is 2. The van der Waals surface area contributed by atoms with E-state index in [1.54, 1.807) is 12.3 Å². The van der Waals surface area contributed by atoms with E-state index in [1.807, 2.05) is 97.1 Å². The number of rotatable bonds is 7. The number of carboxylic acid groups (broad SMARTS) is 1. The summed E-state index contributed by atoms with van der Waals surface area (Å²) in [6.07, 6.45) is 5.67. The lowest BCUT2D eigenvalue weighted by Gasteiger charge is -2.21. The summed E-state index contributed by atoms with van der Waals surface area (Å²) < 4.78 is 7.25. The molecule has 0 atom stereocenters. The van der Waals surface area contributed by atoms with Crippen LogP contribution in [0.5, 0.6) is 5.75 Å². The molecule has 0 radical (unpaired) electrons. The Balaban J connectivity index is 1.41. The smallest absolute Gasteiger partial charge is 0.335 e. The molecule has 202 valence electrons. The fourth-order valence-electron chi connectivity index (χ4n) is 5.32. The first-order chi connectivity index (χ1) is 20.0. The van der Waals surface area contributed by atoms with Crippen LogP contribution in [-0.2, 0) is 13.2 Å². The Bertz CT molecular complexity index is 1850. The summed E-state index contributed by atoms with van der Waals surface area (Å²) in [7, 11) is 0. The quantitative estimate of drug-likeness (QED) is 0.276. The average molecular weight is 543 g/mol. The second-order valence-electron chi connectivity index (χ2n) is 9.94. The van der Waals surface area contributed by atoms with Gasteiger partial charge < -0.3 is 9.84 Å². The zero-order valence-corrected chi connectivity index (χ0v) is 22.0. The number of para-hydroxylation sites is 1. The van der Waals surface area contributed by atoms with Gasteiger partial charge >= 0.3 is 11.7 Å². The maximum atomic E-state index is 13.3. The van der Waals surface area contributed by atoms with Crippen molar-refractivity contribution in [2.24, 2.45) is 0 Å². The van der Waals surface area contributed by atoms with Crippen LogP contribution in [0, 0.1) is 0 Å². The number of H-pyrrole nitrogens is 1. The largest absolute Gasteiger partial charge is 0.489 e. The van der Waals surface area contributed by atoms with Gasteiger partial charge in [-0.2, -0.15) is 0 Å². The van der Waals surface area contributed by atoms with Crippen molar-refractivity contribution in [3.05, 3.63) is 169 Å². The van der Waals surface area contributed by atoms with Crippen molar-refractivity contribution in [1.82, 2.24) is 9.55 Å². The van der Waals surface area contributed by atoms with E-state index >= 15 is 0 Å². The number of hydrogen-bond donors (Lipinski definition) is 2. The molecule has 1 aliphatic carbocycles. The first-order valence-electron chi connectivity index (χ1n) is 13.2. The first kappa shape index (κ1) is 25.8. The Hall–Kier alpha value is -5.43. The Morgan fingerprint density at radius 1 is 0.780 bits per heavy atom. The highest BCUT2D eigenvalue weighted by Crippen LogP contribution is 2.37. The van der Waals surface area contributed by atoms with Crippen molar-refractivity contribution in [2.45, 2.75) is 19.1 Å². The van der Waals surface area contributed by atoms with Crippen molar-refractivity contribution < 1.29 is 14.6 Å². The predicted octanol–water partition coefficient (Wildman–Crippen LogP) is 5.53. The van der Waals surface area contributed by atoms with Crippen molar-refractivity contribution >= 4 is 18.1 Å². The van der Waals surface area contributed by atoms with E-state index < -0.39 is 23.1 Å². The van der Waals surface area contributed by atoms with Crippen LogP contribution >= 0.6 is 0 Å². The third-order valence-electron chi connectivity index (χ3n) is 7.21. The number of fused-ring (bicyclic) bond motifs is 2. The molecule has 0 bridgehead atoms. The minimum absolute atomic E-state index is 0.0658. The molecule has 1 heterocycles. The Morgan fingerprint density at radius 2 is 1.39 bits per heavy atom. The molecular weight excluding hydrogens is 516 g/mol. The van der Waals surface area contributed by atoms with Gasteiger partial charge in [0, 0.05) is 17.7 Å². The lowest BCUT2D eigenvalue weighted by atomic mass is 9.83. The number of aromatic amines is 1. The van der Waals surface area contributed by atoms with Crippen molar-refractivity contribution in [3.8, 4) is 5.75 Å². The Morgan fingerprint density at radius 3 is 2.05 bits per heavy atom. The fraction of sp³-hybridized carbons (Fsp3) is 0.0882. The number of carbonyl (C=O) groups is 1. The maximum Gasteiger partial charge on any atom is 0.335 e. The fourth-order valence-corrected chi connectivity index (χ4v) is 5.32. The van der Waals surface area contributed by atoms with Crippen LogP contribution in [0.15, 0.2) is 113 Å². The van der Waals surface area contributed by atoms with Gasteiger partial charge in [0.2, 0.25) is 0 Å². The van der Waals surface area contributed by atoms with Crippen LogP contribution in [0.1, 0.15) is 55.2 Å². The predicted molar refractivity (Wildman–Crippen MR) is 157 cm³/mol. The van der Waals surface area contributed by atoms with Gasteiger partial charge in [-0.3, -0.25) is 14.3 Å². The third-order valence-corrected chi connectivity index (χ3v) is 7.21. The number of carboxylic acids is 1. The normalized spacial score (nSPS) is 12.3. The van der Waals surface area contributed by atoms with E-state index in [1.165, 1.54) is 10.6 Å². The molecule has 0 amide bonds. The molecule has 2 N–H and O–H groups in total. The summed E-state index contributed by atoms with van der Waals surface area (Å²) in [6.45, 7) is 0.225. The molecule has 0 unspecified atom stereocenters. The molecule has 0 fully saturated rings. The van der Waals surface area contributed by atoms with E-state index in [-0.39, 0.29) is 18.7 Å². The van der Waals surface area contributed by atoms with E-state index in [2.05, 4.69) is 4.98 Å². The number of nitrogens with zero attached hydrogens (tertiary/aromatic N) is 1. The van der Waals surface area contributed by atoms with Gasteiger partial charge in [0.1, 0.15) is 12.4 Å². The van der Waals surface area contributed by atoms with Crippen LogP contribution in [0.2, 0.25) is 0 Å². The van der Waals surface area contributed by atoms with Crippen LogP contribution in [-0.4, -0.2) is 20.6 Å². The molecule has 6 rings (SSSR count). The van der Waals surface area contributed by atoms with Crippen LogP contribution in [0.3, 0.4) is 0 Å². The van der Waals surface area contributed by atoms with Crippen LogP contribution in [0.25, 0.3) is 12.2 Å². The standard InChI is InChI=1S/C34H26N2O5/c37-32-30(31-28-12-6-4-8-24(28)14-15-25-9-5-7-13-29(25)31)20-36(34(40)35-32)19-22-16-23(18-26(17-22)33(38)39)21-41-27-10-2-1-3-11-27/h1-18,20,31H,19,21H2,(H,38,39)(H,35,37,40). The molecule has 0 saturated heterocycles. The second-order valence-corrected chi connectivity index (χ2v) is 9.94. The summed E-state index contributed by atoms with van der Waals surface area (Å²) >= 11 is 0. The van der Waals surface area contributed by atoms with Gasteiger partial charge in [-0.1, -0.05) is 84.9 Å². The van der Waals surface area contributed by atoms with Crippen LogP contribution < -0.4 is 16.0 Å². The minimum Gasteiger partial charge on any atom is -0.489 e. The SMILES string of the molecule is O=C(O)c1cc(COc2ccccc2)cc(Cn2cc(C3c4ccccc4C=Cc4ccccc43)c(=O)[nH]c2=O)c1. The zero-order chi connectivity index (χ0) is 28.3. The molecule has 0 aliphatic heterocycles. The summed E-state index contributed by atoms with van der Waals surface area (Å²) in [5, 5.41) is 9.74. The Labute approximate surface area is 235 Å². The van der Waals surface area contributed by atoms with Crippen molar-refractivity contribution in [3.63, 3.8) is 0 Å². The summed E-state index contributed by atoms with van der Waals surface area (Å²) in [4.78, 5) is 40.7. The maximum absolute atomic E-state index is 13.3. The van der Waals surface area contributed by atoms with E-state index in [0.717, 1.165) is 22.3 Å². The number of nitrogens with one attached hydrogen (secondary N) is 1. The van der Waals surface area contributed by atoms with Crippen molar-refractivity contribution in [1.29, 1.82) is 0 Å². The molecule has 4 aromatic carbocycles. The number of hydrogen-bond acceptors (Lipinski definition) is 4. The third kappa shape index (κ3) is 5.38. The molecule has 1 aliphatic rings. The second kappa shape index (κ2) is 11.0. The van der Waals surface area contributed by atoms with Gasteiger partial charge in [0.25, 0.3) is 5.56 Å². The van der Waals surface area contributed by atoms with Gasteiger partial charge in [-0.25, -0.2) is 9.59 Å². The zero-order valence-electron chi connectivity index (χ0n) is 22.0. The van der Waals surface area contributed by atoms with Crippen molar-refractivity contribution in [2.75, 3.05) is 0 Å².